The minimum atomic E-state index is -0.543. The van der Waals surface area contributed by atoms with E-state index in [2.05, 4.69) is 35.3 Å². The van der Waals surface area contributed by atoms with Gasteiger partial charge in [0.1, 0.15) is 5.75 Å². The Bertz CT molecular complexity index is 649. The van der Waals surface area contributed by atoms with Gasteiger partial charge in [0.2, 0.25) is 0 Å². The lowest BCUT2D eigenvalue weighted by atomic mass is 10.1. The minimum Gasteiger partial charge on any atom is -0.507 e. The summed E-state index contributed by atoms with van der Waals surface area (Å²) in [4.78, 5) is 0. The van der Waals surface area contributed by atoms with Crippen molar-refractivity contribution in [2.75, 3.05) is 12.8 Å². The number of aromatic hydroxyl groups is 1. The molecular weight excluding hydrogens is 298 g/mol. The highest BCUT2D eigenvalue weighted by Gasteiger charge is 2.24. The molecule has 0 spiro atoms. The van der Waals surface area contributed by atoms with Gasteiger partial charge in [-0.2, -0.15) is 5.10 Å². The summed E-state index contributed by atoms with van der Waals surface area (Å²) in [7, 11) is 0. The number of aromatic nitrogens is 2. The van der Waals surface area contributed by atoms with Crippen molar-refractivity contribution in [2.45, 2.75) is 45.8 Å². The number of β-amino-alcohol motifs (C(OH)–C–C–N with tert-alkyl or cyclic N) is 1. The maximum absolute atomic E-state index is 10.4. The van der Waals surface area contributed by atoms with Gasteiger partial charge in [-0.3, -0.25) is 5.10 Å². The molecule has 1 atom stereocenters. The summed E-state index contributed by atoms with van der Waals surface area (Å²) in [6.45, 7) is 8.83. The van der Waals surface area contributed by atoms with Gasteiger partial charge in [0.15, 0.2) is 0 Å². The average molecular weight is 323 g/mol. The highest BCUT2D eigenvalue weighted by molar-refractivity contribution is 7.96. The number of phenolic OH excluding ortho intramolecular Hbond substituents is 1. The molecule has 0 aliphatic carbocycles. The van der Waals surface area contributed by atoms with E-state index in [1.807, 2.05) is 19.2 Å². The van der Waals surface area contributed by atoms with E-state index in [9.17, 15) is 10.2 Å². The van der Waals surface area contributed by atoms with Crippen molar-refractivity contribution < 1.29 is 10.2 Å². The summed E-state index contributed by atoms with van der Waals surface area (Å²) >= 11 is 1.62. The van der Waals surface area contributed by atoms with E-state index in [0.717, 1.165) is 11.1 Å². The lowest BCUT2D eigenvalue weighted by molar-refractivity contribution is 0.121. The topological polar surface area (TPSA) is 72.4 Å². The molecule has 1 heterocycles. The second-order valence-electron chi connectivity index (χ2n) is 6.65. The molecule has 1 aromatic carbocycles. The highest BCUT2D eigenvalue weighted by Crippen LogP contribution is 2.29. The van der Waals surface area contributed by atoms with E-state index in [1.165, 1.54) is 0 Å². The van der Waals surface area contributed by atoms with Crippen LogP contribution in [0.4, 0.5) is 0 Å². The van der Waals surface area contributed by atoms with Crippen molar-refractivity contribution in [2.24, 2.45) is 0 Å². The molecule has 0 radical (unpaired) electrons. The van der Waals surface area contributed by atoms with Crippen molar-refractivity contribution in [1.82, 2.24) is 14.5 Å². The molecule has 1 unspecified atom stereocenters. The van der Waals surface area contributed by atoms with Crippen LogP contribution in [0.5, 0.6) is 5.75 Å². The first-order valence-electron chi connectivity index (χ1n) is 7.38. The predicted molar refractivity (Wildman–Crippen MR) is 92.2 cm³/mol. The zero-order valence-corrected chi connectivity index (χ0v) is 14.7. The fourth-order valence-corrected chi connectivity index (χ4v) is 3.46. The molecule has 5 nitrogen and oxygen atoms in total. The number of aliphatic hydroxyl groups is 1. The number of aryl methyl sites for hydroxylation is 1. The molecule has 0 saturated heterocycles. The van der Waals surface area contributed by atoms with Crippen molar-refractivity contribution in [3.8, 4) is 5.75 Å². The van der Waals surface area contributed by atoms with Crippen LogP contribution in [0.3, 0.4) is 0 Å². The fraction of sp³-hybridized carbons (Fsp3) is 0.562. The molecule has 2 aromatic rings. The number of nitrogens with zero attached hydrogens (tertiary/aromatic N) is 2. The van der Waals surface area contributed by atoms with Gasteiger partial charge in [-0.15, -0.1) is 0 Å². The maximum Gasteiger partial charge on any atom is 0.127 e. The second-order valence-corrected chi connectivity index (χ2v) is 7.46. The average Bonchev–Trinajstić information content (AvgIpc) is 2.77. The molecule has 0 aliphatic heterocycles. The quantitative estimate of drug-likeness (QED) is 0.738. The number of aromatic amines is 1. The summed E-state index contributed by atoms with van der Waals surface area (Å²) in [5, 5.41) is 28.4. The van der Waals surface area contributed by atoms with E-state index < -0.39 is 6.10 Å². The van der Waals surface area contributed by atoms with Crippen molar-refractivity contribution >= 4 is 22.9 Å². The van der Waals surface area contributed by atoms with Gasteiger partial charge >= 0.3 is 0 Å². The second kappa shape index (κ2) is 6.48. The zero-order chi connectivity index (χ0) is 16.5. The van der Waals surface area contributed by atoms with Crippen molar-refractivity contribution in [3.63, 3.8) is 0 Å². The molecule has 122 valence electrons. The predicted octanol–water partition coefficient (Wildman–Crippen LogP) is 2.86. The fourth-order valence-electron chi connectivity index (χ4n) is 2.59. The van der Waals surface area contributed by atoms with E-state index in [0.29, 0.717) is 24.0 Å². The third-order valence-corrected chi connectivity index (χ3v) is 4.77. The number of hydrogen-bond acceptors (Lipinski definition) is 5. The molecule has 0 bridgehead atoms. The van der Waals surface area contributed by atoms with Crippen LogP contribution in [0.15, 0.2) is 12.1 Å². The summed E-state index contributed by atoms with van der Waals surface area (Å²) in [5.41, 5.74) is 2.46. The molecule has 22 heavy (non-hydrogen) atoms. The number of fused-ring (bicyclic) bond motifs is 1. The van der Waals surface area contributed by atoms with E-state index >= 15 is 0 Å². The molecule has 0 fully saturated rings. The summed E-state index contributed by atoms with van der Waals surface area (Å²) in [6.07, 6.45) is 1.87. The molecule has 6 heteroatoms. The van der Waals surface area contributed by atoms with Crippen LogP contribution < -0.4 is 0 Å². The lowest BCUT2D eigenvalue weighted by Gasteiger charge is -2.34. The Balaban J connectivity index is 2.17. The summed E-state index contributed by atoms with van der Waals surface area (Å²) in [6, 6.07) is 3.67. The highest BCUT2D eigenvalue weighted by atomic mass is 32.2. The van der Waals surface area contributed by atoms with Gasteiger partial charge in [-0.25, -0.2) is 4.31 Å². The van der Waals surface area contributed by atoms with E-state index in [4.69, 9.17) is 0 Å². The third-order valence-electron chi connectivity index (χ3n) is 3.64. The Kier molecular flexibility index (Phi) is 5.04. The van der Waals surface area contributed by atoms with Crippen LogP contribution >= 0.6 is 11.9 Å². The monoisotopic (exact) mass is 323 g/mol. The van der Waals surface area contributed by atoms with Gasteiger partial charge < -0.3 is 10.2 Å². The third kappa shape index (κ3) is 3.74. The number of benzene rings is 1. The minimum absolute atomic E-state index is 0.0205. The molecule has 0 aliphatic rings. The van der Waals surface area contributed by atoms with Crippen LogP contribution in [0, 0.1) is 6.92 Å². The standard InChI is InChI=1S/C16H25N3O2S/c1-10-6-12-15(14(21)7-10)13(18-17-12)8-11(20)9-19(22-5)16(2,3)4/h6-7,11,20-21H,8-9H2,1-5H3,(H,17,18). The van der Waals surface area contributed by atoms with Gasteiger partial charge in [0.25, 0.3) is 0 Å². The van der Waals surface area contributed by atoms with E-state index in [-0.39, 0.29) is 11.3 Å². The Morgan fingerprint density at radius 2 is 2.05 bits per heavy atom. The normalized spacial score (nSPS) is 14.0. The van der Waals surface area contributed by atoms with Gasteiger partial charge in [-0.1, -0.05) is 11.9 Å². The smallest absolute Gasteiger partial charge is 0.127 e. The first-order chi connectivity index (χ1) is 10.2. The first-order valence-corrected chi connectivity index (χ1v) is 8.57. The SMILES string of the molecule is CSN(CC(O)Cc1n[nH]c2cc(C)cc(O)c12)C(C)(C)C. The molecule has 3 N–H and O–H groups in total. The van der Waals surface area contributed by atoms with Crippen LogP contribution in [0.1, 0.15) is 32.0 Å². The summed E-state index contributed by atoms with van der Waals surface area (Å²) < 4.78 is 2.15. The van der Waals surface area contributed by atoms with Crippen molar-refractivity contribution in [3.05, 3.63) is 23.4 Å². The largest absolute Gasteiger partial charge is 0.507 e. The molecular formula is C16H25N3O2S. The molecule has 1 aromatic heterocycles. The Hall–Kier alpha value is -1.24. The number of nitrogens with one attached hydrogen (secondary N) is 1. The summed E-state index contributed by atoms with van der Waals surface area (Å²) in [5.74, 6) is 0.212. The number of phenols is 1. The molecule has 2 rings (SSSR count). The van der Waals surface area contributed by atoms with Crippen LogP contribution in [0.25, 0.3) is 10.9 Å². The Morgan fingerprint density at radius 1 is 1.36 bits per heavy atom. The van der Waals surface area contributed by atoms with E-state index in [1.54, 1.807) is 18.0 Å². The van der Waals surface area contributed by atoms with Gasteiger partial charge in [0.05, 0.1) is 22.7 Å². The first kappa shape index (κ1) is 17.1. The van der Waals surface area contributed by atoms with Crippen molar-refractivity contribution in [1.29, 1.82) is 0 Å². The maximum atomic E-state index is 10.4. The number of hydrogen-bond donors (Lipinski definition) is 3. The van der Waals surface area contributed by atoms with Gasteiger partial charge in [0, 0.05) is 18.5 Å². The van der Waals surface area contributed by atoms with Crippen LogP contribution in [-0.4, -0.2) is 49.2 Å². The molecule has 0 saturated carbocycles. The zero-order valence-electron chi connectivity index (χ0n) is 13.8. The Morgan fingerprint density at radius 3 is 2.64 bits per heavy atom. The number of aliphatic hydroxyl groups excluding tert-OH is 1. The molecule has 0 amide bonds. The van der Waals surface area contributed by atoms with Gasteiger partial charge in [-0.05, 0) is 51.6 Å². The lowest BCUT2D eigenvalue weighted by Crippen LogP contribution is -2.41. The number of H-pyrrole nitrogens is 1. The number of rotatable bonds is 5. The Labute approximate surface area is 135 Å². The van der Waals surface area contributed by atoms with Crippen LogP contribution in [0.2, 0.25) is 0 Å². The van der Waals surface area contributed by atoms with Crippen LogP contribution in [-0.2, 0) is 6.42 Å².